The largest absolute Gasteiger partial charge is 0.326 e. The van der Waals surface area contributed by atoms with Crippen molar-refractivity contribution in [1.29, 1.82) is 0 Å². The highest BCUT2D eigenvalue weighted by molar-refractivity contribution is 5.95. The van der Waals surface area contributed by atoms with Crippen LogP contribution in [0.25, 0.3) is 0 Å². The first-order valence-corrected chi connectivity index (χ1v) is 7.78. The third kappa shape index (κ3) is 2.88. The highest BCUT2D eigenvalue weighted by atomic mass is 16.2. The molecule has 2 atom stereocenters. The first kappa shape index (κ1) is 13.6. The minimum atomic E-state index is 0.230. The van der Waals surface area contributed by atoms with Gasteiger partial charge in [0.15, 0.2) is 0 Å². The number of amides is 1. The van der Waals surface area contributed by atoms with E-state index in [-0.39, 0.29) is 5.91 Å². The third-order valence-electron chi connectivity index (χ3n) is 4.62. The lowest BCUT2D eigenvalue weighted by Gasteiger charge is -2.11. The fraction of sp³-hybridized carbons (Fsp3) is 0.588. The molecule has 3 heteroatoms. The van der Waals surface area contributed by atoms with Crippen molar-refractivity contribution in [3.63, 3.8) is 0 Å². The first-order valence-electron chi connectivity index (χ1n) is 7.78. The molecule has 2 saturated carbocycles. The van der Waals surface area contributed by atoms with Crippen molar-refractivity contribution in [3.8, 4) is 0 Å². The van der Waals surface area contributed by atoms with E-state index in [1.54, 1.807) is 0 Å². The predicted molar refractivity (Wildman–Crippen MR) is 81.4 cm³/mol. The van der Waals surface area contributed by atoms with Crippen LogP contribution in [-0.2, 0) is 11.3 Å². The number of nitrogens with one attached hydrogen (secondary N) is 2. The van der Waals surface area contributed by atoms with E-state index < -0.39 is 0 Å². The Morgan fingerprint density at radius 2 is 2.05 bits per heavy atom. The number of hydrogen-bond acceptors (Lipinski definition) is 2. The Hall–Kier alpha value is -1.35. The van der Waals surface area contributed by atoms with E-state index in [1.165, 1.54) is 24.8 Å². The predicted octanol–water partition coefficient (Wildman–Crippen LogP) is 3.17. The fourth-order valence-corrected chi connectivity index (χ4v) is 3.52. The zero-order valence-corrected chi connectivity index (χ0v) is 12.4. The fourth-order valence-electron chi connectivity index (χ4n) is 3.52. The molecule has 1 aromatic rings. The Kier molecular flexibility index (Phi) is 3.79. The highest BCUT2D eigenvalue weighted by Crippen LogP contribution is 2.57. The van der Waals surface area contributed by atoms with Gasteiger partial charge in [-0.05, 0) is 42.4 Å². The second-order valence-corrected chi connectivity index (χ2v) is 6.51. The normalized spacial score (nSPS) is 27.4. The molecule has 2 fully saturated rings. The van der Waals surface area contributed by atoms with Gasteiger partial charge in [0.05, 0.1) is 0 Å². The molecule has 0 bridgehead atoms. The summed E-state index contributed by atoms with van der Waals surface area (Å²) in [5, 5.41) is 6.49. The number of rotatable bonds is 5. The second-order valence-electron chi connectivity index (χ2n) is 6.51. The van der Waals surface area contributed by atoms with Gasteiger partial charge in [0.2, 0.25) is 5.91 Å². The van der Waals surface area contributed by atoms with Crippen LogP contribution in [0.3, 0.4) is 0 Å². The molecule has 0 heterocycles. The van der Waals surface area contributed by atoms with Crippen molar-refractivity contribution in [2.45, 2.75) is 45.7 Å². The summed E-state index contributed by atoms with van der Waals surface area (Å²) in [6.07, 6.45) is 3.82. The Morgan fingerprint density at radius 1 is 1.30 bits per heavy atom. The molecule has 1 aromatic carbocycles. The minimum absolute atomic E-state index is 0.230. The van der Waals surface area contributed by atoms with E-state index in [0.29, 0.717) is 23.8 Å². The molecule has 0 aromatic heterocycles. The summed E-state index contributed by atoms with van der Waals surface area (Å²) in [6.45, 7) is 5.12. The molecule has 0 spiro atoms. The zero-order valence-electron chi connectivity index (χ0n) is 12.4. The number of carbonyl (C=O) groups is 1. The molecular weight excluding hydrogens is 248 g/mol. The number of hydrogen-bond donors (Lipinski definition) is 2. The number of fused-ring (bicyclic) bond motifs is 1. The van der Waals surface area contributed by atoms with Gasteiger partial charge in [-0.1, -0.05) is 32.4 Å². The van der Waals surface area contributed by atoms with Crippen molar-refractivity contribution < 1.29 is 4.79 Å². The lowest BCUT2D eigenvalue weighted by atomic mass is 10.1. The number of carbonyl (C=O) groups excluding carboxylic acids is 1. The Morgan fingerprint density at radius 3 is 2.75 bits per heavy atom. The monoisotopic (exact) mass is 272 g/mol. The Bertz CT molecular complexity index is 488. The van der Waals surface area contributed by atoms with Gasteiger partial charge in [-0.25, -0.2) is 0 Å². The maximum atomic E-state index is 12.2. The van der Waals surface area contributed by atoms with Gasteiger partial charge in [0, 0.05) is 24.2 Å². The number of anilines is 1. The van der Waals surface area contributed by atoms with Crippen LogP contribution in [-0.4, -0.2) is 11.9 Å². The molecule has 3 nitrogen and oxygen atoms in total. The molecule has 0 aliphatic heterocycles. The minimum Gasteiger partial charge on any atom is -0.326 e. The molecule has 2 aliphatic rings. The van der Waals surface area contributed by atoms with Crippen LogP contribution in [0, 0.1) is 17.8 Å². The van der Waals surface area contributed by atoms with Gasteiger partial charge >= 0.3 is 0 Å². The maximum absolute atomic E-state index is 12.2. The topological polar surface area (TPSA) is 41.1 Å². The molecule has 108 valence electrons. The smallest absolute Gasteiger partial charge is 0.228 e. The van der Waals surface area contributed by atoms with E-state index >= 15 is 0 Å². The summed E-state index contributed by atoms with van der Waals surface area (Å²) < 4.78 is 0. The first-order chi connectivity index (χ1) is 9.65. The molecule has 0 saturated heterocycles. The van der Waals surface area contributed by atoms with E-state index in [0.717, 1.165) is 12.2 Å². The molecule has 3 rings (SSSR count). The van der Waals surface area contributed by atoms with Crippen molar-refractivity contribution >= 4 is 11.6 Å². The van der Waals surface area contributed by atoms with E-state index in [1.807, 2.05) is 12.1 Å². The maximum Gasteiger partial charge on any atom is 0.228 e. The summed E-state index contributed by atoms with van der Waals surface area (Å²) in [4.78, 5) is 12.2. The van der Waals surface area contributed by atoms with E-state index in [9.17, 15) is 4.79 Å². The summed E-state index contributed by atoms with van der Waals surface area (Å²) >= 11 is 0. The summed E-state index contributed by atoms with van der Waals surface area (Å²) in [5.74, 6) is 1.89. The summed E-state index contributed by atoms with van der Waals surface area (Å²) in [7, 11) is 0. The lowest BCUT2D eigenvalue weighted by molar-refractivity contribution is -0.118. The summed E-state index contributed by atoms with van der Waals surface area (Å²) in [5.41, 5.74) is 2.15. The van der Waals surface area contributed by atoms with Crippen LogP contribution in [0.5, 0.6) is 0 Å². The standard InChI is InChI=1S/C17H24N2O/c1-11(2)18-10-12-5-3-6-13(9-12)19-17(20)16-14-7-4-8-15(14)16/h3,5-6,9,11,14-16,18H,4,7-8,10H2,1-2H3,(H,19,20). The van der Waals surface area contributed by atoms with Crippen LogP contribution in [0.1, 0.15) is 38.7 Å². The van der Waals surface area contributed by atoms with Gasteiger partial charge in [-0.2, -0.15) is 0 Å². The molecule has 2 N–H and O–H groups in total. The van der Waals surface area contributed by atoms with Gasteiger partial charge in [0.1, 0.15) is 0 Å². The van der Waals surface area contributed by atoms with Crippen LogP contribution >= 0.6 is 0 Å². The lowest BCUT2D eigenvalue weighted by Crippen LogP contribution is -2.22. The second kappa shape index (κ2) is 5.57. The van der Waals surface area contributed by atoms with Gasteiger partial charge in [-0.15, -0.1) is 0 Å². The molecule has 1 amide bonds. The van der Waals surface area contributed by atoms with E-state index in [2.05, 4.69) is 36.6 Å². The van der Waals surface area contributed by atoms with Crippen LogP contribution in [0.2, 0.25) is 0 Å². The molecule has 2 unspecified atom stereocenters. The molecular formula is C17H24N2O. The molecule has 20 heavy (non-hydrogen) atoms. The van der Waals surface area contributed by atoms with Crippen LogP contribution in [0.4, 0.5) is 5.69 Å². The quantitative estimate of drug-likeness (QED) is 0.864. The van der Waals surface area contributed by atoms with Gasteiger partial charge in [-0.3, -0.25) is 4.79 Å². The van der Waals surface area contributed by atoms with Crippen molar-refractivity contribution in [2.24, 2.45) is 17.8 Å². The zero-order chi connectivity index (χ0) is 14.1. The van der Waals surface area contributed by atoms with Crippen molar-refractivity contribution in [1.82, 2.24) is 5.32 Å². The van der Waals surface area contributed by atoms with Crippen molar-refractivity contribution in [2.75, 3.05) is 5.32 Å². The van der Waals surface area contributed by atoms with Crippen LogP contribution < -0.4 is 10.6 Å². The average molecular weight is 272 g/mol. The van der Waals surface area contributed by atoms with Gasteiger partial charge < -0.3 is 10.6 Å². The van der Waals surface area contributed by atoms with Gasteiger partial charge in [0.25, 0.3) is 0 Å². The SMILES string of the molecule is CC(C)NCc1cccc(NC(=O)C2C3CCCC32)c1. The third-order valence-corrected chi connectivity index (χ3v) is 4.62. The molecule has 2 aliphatic carbocycles. The van der Waals surface area contributed by atoms with E-state index in [4.69, 9.17) is 0 Å². The van der Waals surface area contributed by atoms with Crippen molar-refractivity contribution in [3.05, 3.63) is 29.8 Å². The summed E-state index contributed by atoms with van der Waals surface area (Å²) in [6, 6.07) is 8.64. The average Bonchev–Trinajstić information content (AvgIpc) is 2.91. The highest BCUT2D eigenvalue weighted by Gasteiger charge is 2.56. The van der Waals surface area contributed by atoms with Crippen LogP contribution in [0.15, 0.2) is 24.3 Å². The Labute approximate surface area is 121 Å². The Balaban J connectivity index is 1.57. The molecule has 0 radical (unpaired) electrons. The number of benzene rings is 1.